The van der Waals surface area contributed by atoms with E-state index in [4.69, 9.17) is 18.5 Å². The highest BCUT2D eigenvalue weighted by Gasteiger charge is 2.20. The number of unbranched alkanes of at least 4 members (excludes halogenated alkanes) is 29. The maximum Gasteiger partial charge on any atom is 0.306 e. The number of ether oxygens (including phenoxy) is 2. The van der Waals surface area contributed by atoms with Crippen molar-refractivity contribution < 1.29 is 37.3 Å². The number of carbonyl (C=O) groups excluding carboxylic acids is 1. The van der Waals surface area contributed by atoms with E-state index in [2.05, 4.69) is 74.6 Å². The second-order valence-corrected chi connectivity index (χ2v) is 21.7. The van der Waals surface area contributed by atoms with Crippen molar-refractivity contribution >= 4 is 13.8 Å². The third-order valence-electron chi connectivity index (χ3n) is 12.3. The van der Waals surface area contributed by atoms with E-state index in [1.54, 1.807) is 0 Å². The Bertz CT molecular complexity index is 1270. The van der Waals surface area contributed by atoms with Gasteiger partial charge in [0.05, 0.1) is 34.4 Å². The number of carbonyl (C=O) groups is 1. The SMILES string of the molecule is CC/C=C\C/C=C\C/C=C\C/C=C\C/C=C\CCCCCCCCCC(=O)OC(COCCCCCCCCCCCCCCCCCCCCCCCCC)COP(=O)([O-])OCC[N+](C)(C)C. The van der Waals surface area contributed by atoms with Crippen molar-refractivity contribution in [2.75, 3.05) is 54.1 Å². The van der Waals surface area contributed by atoms with Gasteiger partial charge in [-0.25, -0.2) is 0 Å². The standard InChI is InChI=1S/C59H110NO7P/c1-6-8-10-12-14-16-18-20-22-24-26-28-30-32-34-36-38-40-42-44-46-48-50-52-59(61)67-58(57-66-68(62,63)65-55-53-60(3,4)5)56-64-54-51-49-47-45-43-41-39-37-35-33-31-29-27-25-23-21-19-17-15-13-11-9-7-2/h8,10,14,16,20,22,26,28,32,34,58H,6-7,9,11-13,15,17-19,21,23-25,27,29-31,33,35-57H2,1-5H3/b10-8-,16-14-,22-20-,28-26-,34-32-. The summed E-state index contributed by atoms with van der Waals surface area (Å²) in [6.07, 6.45) is 66.9. The molecule has 0 amide bonds. The molecule has 0 aromatic heterocycles. The Balaban J connectivity index is 4.10. The second kappa shape index (κ2) is 51.6. The number of likely N-dealkylation sites (N-methyl/N-ethyl adjacent to an activating group) is 1. The summed E-state index contributed by atoms with van der Waals surface area (Å²) in [6.45, 7) is 5.33. The van der Waals surface area contributed by atoms with E-state index in [-0.39, 0.29) is 25.8 Å². The van der Waals surface area contributed by atoms with Crippen molar-refractivity contribution in [3.63, 3.8) is 0 Å². The number of rotatable bonds is 53. The Labute approximate surface area is 421 Å². The molecule has 0 fully saturated rings. The molecule has 0 aromatic carbocycles. The van der Waals surface area contributed by atoms with E-state index in [0.29, 0.717) is 24.1 Å². The Morgan fingerprint density at radius 3 is 1.28 bits per heavy atom. The molecule has 0 saturated carbocycles. The van der Waals surface area contributed by atoms with Gasteiger partial charge in [0.1, 0.15) is 19.3 Å². The number of nitrogens with zero attached hydrogens (tertiary/aromatic N) is 1. The molecule has 2 unspecified atom stereocenters. The van der Waals surface area contributed by atoms with Crippen LogP contribution in [0.2, 0.25) is 0 Å². The lowest BCUT2D eigenvalue weighted by Crippen LogP contribution is -2.37. The second-order valence-electron chi connectivity index (χ2n) is 20.3. The van der Waals surface area contributed by atoms with Gasteiger partial charge >= 0.3 is 5.97 Å². The van der Waals surface area contributed by atoms with Crippen LogP contribution in [0.5, 0.6) is 0 Å². The summed E-state index contributed by atoms with van der Waals surface area (Å²) < 4.78 is 34.8. The van der Waals surface area contributed by atoms with Crippen molar-refractivity contribution in [2.24, 2.45) is 0 Å². The van der Waals surface area contributed by atoms with Gasteiger partial charge in [-0.2, -0.15) is 0 Å². The van der Waals surface area contributed by atoms with E-state index in [1.165, 1.54) is 154 Å². The van der Waals surface area contributed by atoms with Crippen LogP contribution in [0.25, 0.3) is 0 Å². The lowest BCUT2D eigenvalue weighted by atomic mass is 10.0. The number of hydrogen-bond donors (Lipinski definition) is 0. The van der Waals surface area contributed by atoms with Crippen LogP contribution in [-0.2, 0) is 27.9 Å². The van der Waals surface area contributed by atoms with Gasteiger partial charge in [-0.15, -0.1) is 0 Å². The molecule has 0 saturated heterocycles. The molecule has 0 rings (SSSR count). The fraction of sp³-hybridized carbons (Fsp3) is 0.814. The average Bonchev–Trinajstić information content (AvgIpc) is 3.30. The summed E-state index contributed by atoms with van der Waals surface area (Å²) in [5.74, 6) is -0.342. The number of phosphoric acid groups is 1. The van der Waals surface area contributed by atoms with Crippen molar-refractivity contribution in [1.29, 1.82) is 0 Å². The van der Waals surface area contributed by atoms with Gasteiger partial charge in [0.15, 0.2) is 0 Å². The van der Waals surface area contributed by atoms with Crippen LogP contribution in [0, 0.1) is 0 Å². The Morgan fingerprint density at radius 2 is 0.853 bits per heavy atom. The van der Waals surface area contributed by atoms with Gasteiger partial charge in [-0.1, -0.05) is 248 Å². The zero-order valence-corrected chi connectivity index (χ0v) is 46.2. The molecule has 0 spiro atoms. The minimum Gasteiger partial charge on any atom is -0.756 e. The highest BCUT2D eigenvalue weighted by atomic mass is 31.2. The first-order chi connectivity index (χ1) is 33.1. The first kappa shape index (κ1) is 66.2. The van der Waals surface area contributed by atoms with E-state index >= 15 is 0 Å². The molecule has 398 valence electrons. The first-order valence-corrected chi connectivity index (χ1v) is 30.0. The quantitative estimate of drug-likeness (QED) is 0.0197. The van der Waals surface area contributed by atoms with Crippen molar-refractivity contribution in [3.8, 4) is 0 Å². The molecule has 8 nitrogen and oxygen atoms in total. The van der Waals surface area contributed by atoms with Crippen LogP contribution in [0.4, 0.5) is 0 Å². The largest absolute Gasteiger partial charge is 0.756 e. The summed E-state index contributed by atoms with van der Waals surface area (Å²) in [7, 11) is 1.35. The normalized spacial score (nSPS) is 13.9. The lowest BCUT2D eigenvalue weighted by Gasteiger charge is -2.28. The van der Waals surface area contributed by atoms with Crippen molar-refractivity contribution in [3.05, 3.63) is 60.8 Å². The fourth-order valence-corrected chi connectivity index (χ4v) is 8.72. The highest BCUT2D eigenvalue weighted by molar-refractivity contribution is 7.45. The summed E-state index contributed by atoms with van der Waals surface area (Å²) in [5.41, 5.74) is 0. The highest BCUT2D eigenvalue weighted by Crippen LogP contribution is 2.38. The molecule has 0 aliphatic rings. The summed E-state index contributed by atoms with van der Waals surface area (Å²) in [6, 6.07) is 0. The van der Waals surface area contributed by atoms with Crippen molar-refractivity contribution in [1.82, 2.24) is 0 Å². The van der Waals surface area contributed by atoms with Crippen LogP contribution in [0.3, 0.4) is 0 Å². The smallest absolute Gasteiger partial charge is 0.306 e. The Morgan fingerprint density at radius 1 is 0.471 bits per heavy atom. The molecule has 0 bridgehead atoms. The molecule has 0 radical (unpaired) electrons. The van der Waals surface area contributed by atoms with E-state index in [9.17, 15) is 14.3 Å². The summed E-state index contributed by atoms with van der Waals surface area (Å²) in [5, 5.41) is 0. The molecule has 0 aliphatic heterocycles. The summed E-state index contributed by atoms with van der Waals surface area (Å²) in [4.78, 5) is 25.3. The van der Waals surface area contributed by atoms with Crippen molar-refractivity contribution in [2.45, 2.75) is 258 Å². The average molecular weight is 977 g/mol. The minimum absolute atomic E-state index is 0.0229. The van der Waals surface area contributed by atoms with Gasteiger partial charge in [-0.3, -0.25) is 9.36 Å². The number of esters is 1. The van der Waals surface area contributed by atoms with E-state index < -0.39 is 13.9 Å². The zero-order chi connectivity index (χ0) is 49.8. The molecule has 0 aromatic rings. The van der Waals surface area contributed by atoms with Gasteiger partial charge < -0.3 is 27.9 Å². The molecule has 0 N–H and O–H groups in total. The predicted molar refractivity (Wildman–Crippen MR) is 291 cm³/mol. The van der Waals surface area contributed by atoms with Crippen LogP contribution in [-0.4, -0.2) is 70.7 Å². The monoisotopic (exact) mass is 976 g/mol. The number of quaternary nitrogens is 1. The third-order valence-corrected chi connectivity index (χ3v) is 13.3. The van der Waals surface area contributed by atoms with Gasteiger partial charge in [0.25, 0.3) is 7.82 Å². The molecule has 2 atom stereocenters. The predicted octanol–water partition coefficient (Wildman–Crippen LogP) is 17.4. The summed E-state index contributed by atoms with van der Waals surface area (Å²) >= 11 is 0. The van der Waals surface area contributed by atoms with Gasteiger partial charge in [0, 0.05) is 13.0 Å². The van der Waals surface area contributed by atoms with Gasteiger partial charge in [0.2, 0.25) is 0 Å². The Kier molecular flexibility index (Phi) is 50.2. The molecule has 0 heterocycles. The molecule has 0 aliphatic carbocycles. The fourth-order valence-electron chi connectivity index (χ4n) is 7.99. The topological polar surface area (TPSA) is 94.1 Å². The number of hydrogen-bond acceptors (Lipinski definition) is 7. The maximum atomic E-state index is 12.8. The molecule has 68 heavy (non-hydrogen) atoms. The van der Waals surface area contributed by atoms with E-state index in [1.807, 2.05) is 21.1 Å². The Hall–Kier alpha value is -1.80. The maximum absolute atomic E-state index is 12.8. The van der Waals surface area contributed by atoms with Crippen LogP contribution in [0.15, 0.2) is 60.8 Å². The van der Waals surface area contributed by atoms with Crippen LogP contribution in [0.1, 0.15) is 251 Å². The lowest BCUT2D eigenvalue weighted by molar-refractivity contribution is -0.870. The van der Waals surface area contributed by atoms with Gasteiger partial charge in [-0.05, 0) is 57.8 Å². The third kappa shape index (κ3) is 55.1. The molecule has 9 heteroatoms. The minimum atomic E-state index is -4.54. The van der Waals surface area contributed by atoms with E-state index in [0.717, 1.165) is 77.0 Å². The first-order valence-electron chi connectivity index (χ1n) is 28.5. The number of phosphoric ester groups is 1. The van der Waals surface area contributed by atoms with Crippen LogP contribution < -0.4 is 4.89 Å². The zero-order valence-electron chi connectivity index (χ0n) is 45.3. The molecular formula is C59H110NO7P. The number of allylic oxidation sites excluding steroid dienone is 10. The molecular weight excluding hydrogens is 866 g/mol. The van der Waals surface area contributed by atoms with Crippen LogP contribution >= 0.6 is 7.82 Å².